The molecule has 1 N–H and O–H groups in total. The quantitative estimate of drug-likeness (QED) is 0.707. The molecule has 0 saturated carbocycles. The van der Waals surface area contributed by atoms with Crippen LogP contribution in [0.2, 0.25) is 0 Å². The Morgan fingerprint density at radius 2 is 2.08 bits per heavy atom. The maximum Gasteiger partial charge on any atom is 0.225 e. The van der Waals surface area contributed by atoms with Crippen LogP contribution in [0.3, 0.4) is 0 Å². The van der Waals surface area contributed by atoms with Gasteiger partial charge in [-0.2, -0.15) is 0 Å². The monoisotopic (exact) mass is 354 g/mol. The van der Waals surface area contributed by atoms with Gasteiger partial charge in [0.25, 0.3) is 0 Å². The number of hydrogen-bond donors (Lipinski definition) is 1. The molecule has 0 bridgehead atoms. The second-order valence-corrected chi connectivity index (χ2v) is 7.33. The number of nitrogens with zero attached hydrogens (tertiary/aromatic N) is 3. The molecule has 0 aliphatic heterocycles. The first-order valence-corrected chi connectivity index (χ1v) is 9.16. The lowest BCUT2D eigenvalue weighted by Crippen LogP contribution is -2.30. The van der Waals surface area contributed by atoms with Gasteiger partial charge >= 0.3 is 0 Å². The molecule has 0 saturated heterocycles. The number of benzene rings is 1. The summed E-state index contributed by atoms with van der Waals surface area (Å²) >= 11 is 1.59. The van der Waals surface area contributed by atoms with E-state index in [4.69, 9.17) is 0 Å². The normalized spacial score (nSPS) is 12.1. The topological polar surface area (TPSA) is 59.8 Å². The molecule has 130 valence electrons. The third kappa shape index (κ3) is 4.76. The zero-order valence-corrected chi connectivity index (χ0v) is 15.3. The van der Waals surface area contributed by atoms with Gasteiger partial charge in [-0.25, -0.2) is 9.97 Å². The summed E-state index contributed by atoms with van der Waals surface area (Å²) in [6.45, 7) is 4.73. The van der Waals surface area contributed by atoms with Crippen molar-refractivity contribution in [2.45, 2.75) is 39.3 Å². The third-order valence-corrected chi connectivity index (χ3v) is 5.17. The predicted octanol–water partition coefficient (Wildman–Crippen LogP) is 3.45. The van der Waals surface area contributed by atoms with Gasteiger partial charge in [-0.3, -0.25) is 4.79 Å². The van der Waals surface area contributed by atoms with Crippen LogP contribution >= 0.6 is 11.3 Å². The van der Waals surface area contributed by atoms with E-state index in [1.54, 1.807) is 23.9 Å². The van der Waals surface area contributed by atoms with E-state index in [9.17, 15) is 4.79 Å². The number of imidazole rings is 1. The van der Waals surface area contributed by atoms with E-state index in [1.165, 1.54) is 0 Å². The summed E-state index contributed by atoms with van der Waals surface area (Å²) in [6.07, 6.45) is 6.70. The Labute approximate surface area is 151 Å². The fourth-order valence-electron chi connectivity index (χ4n) is 2.83. The van der Waals surface area contributed by atoms with Gasteiger partial charge in [0, 0.05) is 23.8 Å². The number of nitrogens with one attached hydrogen (secondary N) is 1. The third-order valence-electron chi connectivity index (χ3n) is 4.09. The molecular formula is C19H22N4OS. The van der Waals surface area contributed by atoms with Gasteiger partial charge in [0.1, 0.15) is 0 Å². The lowest BCUT2D eigenvalue weighted by atomic mass is 10.0. The molecule has 1 atom stereocenters. The first-order chi connectivity index (χ1) is 12.1. The number of amides is 1. The summed E-state index contributed by atoms with van der Waals surface area (Å²) in [4.78, 5) is 22.1. The maximum atomic E-state index is 12.6. The number of aromatic nitrogens is 3. The first kappa shape index (κ1) is 17.4. The van der Waals surface area contributed by atoms with Crippen LogP contribution in [0.25, 0.3) is 0 Å². The number of carbonyl (C=O) groups excluding carboxylic acids is 1. The SMILES string of the molecule is Cc1nc(C)c(CC(=O)N[C@@H](CCn2ccnc2)c2ccccc2)s1. The Morgan fingerprint density at radius 3 is 2.72 bits per heavy atom. The molecule has 3 rings (SSSR count). The number of hydrogen-bond acceptors (Lipinski definition) is 4. The minimum absolute atomic E-state index is 0.0228. The summed E-state index contributed by atoms with van der Waals surface area (Å²) in [7, 11) is 0. The minimum Gasteiger partial charge on any atom is -0.349 e. The molecular weight excluding hydrogens is 332 g/mol. The molecule has 5 nitrogen and oxygen atoms in total. The molecule has 0 unspecified atom stereocenters. The Bertz CT molecular complexity index is 811. The molecule has 2 heterocycles. The number of rotatable bonds is 7. The van der Waals surface area contributed by atoms with E-state index in [0.717, 1.165) is 34.1 Å². The van der Waals surface area contributed by atoms with Crippen LogP contribution in [-0.4, -0.2) is 20.4 Å². The molecule has 0 aliphatic rings. The number of carbonyl (C=O) groups is 1. The molecule has 2 aromatic heterocycles. The van der Waals surface area contributed by atoms with Gasteiger partial charge in [-0.1, -0.05) is 30.3 Å². The van der Waals surface area contributed by atoms with Crippen molar-refractivity contribution in [3.05, 3.63) is 70.2 Å². The van der Waals surface area contributed by atoms with E-state index in [0.29, 0.717) is 6.42 Å². The van der Waals surface area contributed by atoms with Gasteiger partial charge in [0.05, 0.1) is 29.5 Å². The fraction of sp³-hybridized carbons (Fsp3) is 0.316. The van der Waals surface area contributed by atoms with Gasteiger partial charge in [-0.15, -0.1) is 11.3 Å². The van der Waals surface area contributed by atoms with E-state index in [1.807, 2.05) is 42.8 Å². The molecule has 3 aromatic rings. The Morgan fingerprint density at radius 1 is 1.28 bits per heavy atom. The molecule has 0 spiro atoms. The summed E-state index contributed by atoms with van der Waals surface area (Å²) in [6, 6.07) is 10.1. The lowest BCUT2D eigenvalue weighted by molar-refractivity contribution is -0.121. The summed E-state index contributed by atoms with van der Waals surface area (Å²) in [5, 5.41) is 4.19. The van der Waals surface area contributed by atoms with Crippen LogP contribution in [-0.2, 0) is 17.8 Å². The standard InChI is InChI=1S/C19H22N4OS/c1-14-18(25-15(2)21-14)12-19(24)22-17(16-6-4-3-5-7-16)8-10-23-11-9-20-13-23/h3-7,9,11,13,17H,8,10,12H2,1-2H3,(H,22,24)/t17-/m0/s1. The second-order valence-electron chi connectivity index (χ2n) is 6.04. The maximum absolute atomic E-state index is 12.6. The highest BCUT2D eigenvalue weighted by Crippen LogP contribution is 2.20. The van der Waals surface area contributed by atoms with Crippen LogP contribution in [0.15, 0.2) is 49.1 Å². The van der Waals surface area contributed by atoms with Crippen molar-refractivity contribution in [1.82, 2.24) is 19.9 Å². The largest absolute Gasteiger partial charge is 0.349 e. The highest BCUT2D eigenvalue weighted by molar-refractivity contribution is 7.11. The van der Waals surface area contributed by atoms with E-state index in [-0.39, 0.29) is 11.9 Å². The summed E-state index contributed by atoms with van der Waals surface area (Å²) in [5.41, 5.74) is 2.07. The Hall–Kier alpha value is -2.47. The van der Waals surface area contributed by atoms with E-state index < -0.39 is 0 Å². The van der Waals surface area contributed by atoms with Crippen molar-refractivity contribution in [3.8, 4) is 0 Å². The van der Waals surface area contributed by atoms with Crippen molar-refractivity contribution >= 4 is 17.2 Å². The van der Waals surface area contributed by atoms with Gasteiger partial charge in [0.2, 0.25) is 5.91 Å². The number of aryl methyl sites for hydroxylation is 3. The average molecular weight is 354 g/mol. The van der Waals surface area contributed by atoms with Crippen molar-refractivity contribution in [1.29, 1.82) is 0 Å². The summed E-state index contributed by atoms with van der Waals surface area (Å²) in [5.74, 6) is 0.0336. The van der Waals surface area contributed by atoms with Crippen LogP contribution in [0.5, 0.6) is 0 Å². The second kappa shape index (κ2) is 8.07. The van der Waals surface area contributed by atoms with Gasteiger partial charge in [-0.05, 0) is 25.8 Å². The molecule has 1 aromatic carbocycles. The van der Waals surface area contributed by atoms with E-state index >= 15 is 0 Å². The Balaban J connectivity index is 1.68. The highest BCUT2D eigenvalue weighted by atomic mass is 32.1. The molecule has 0 radical (unpaired) electrons. The Kier molecular flexibility index (Phi) is 5.60. The fourth-order valence-corrected chi connectivity index (χ4v) is 3.77. The van der Waals surface area contributed by atoms with Crippen molar-refractivity contribution in [2.75, 3.05) is 0 Å². The van der Waals surface area contributed by atoms with Gasteiger partial charge < -0.3 is 9.88 Å². The molecule has 1 amide bonds. The zero-order valence-electron chi connectivity index (χ0n) is 14.5. The molecule has 0 fully saturated rings. The highest BCUT2D eigenvalue weighted by Gasteiger charge is 2.16. The van der Waals surface area contributed by atoms with Crippen LogP contribution < -0.4 is 5.32 Å². The summed E-state index contributed by atoms with van der Waals surface area (Å²) < 4.78 is 2.03. The van der Waals surface area contributed by atoms with Crippen LogP contribution in [0.4, 0.5) is 0 Å². The smallest absolute Gasteiger partial charge is 0.225 e. The van der Waals surface area contributed by atoms with E-state index in [2.05, 4.69) is 27.4 Å². The molecule has 6 heteroatoms. The van der Waals surface area contributed by atoms with Crippen molar-refractivity contribution < 1.29 is 4.79 Å². The minimum atomic E-state index is -0.0228. The molecule has 0 aliphatic carbocycles. The van der Waals surface area contributed by atoms with Crippen molar-refractivity contribution in [2.24, 2.45) is 0 Å². The zero-order chi connectivity index (χ0) is 17.6. The number of thiazole rings is 1. The van der Waals surface area contributed by atoms with Crippen LogP contribution in [0, 0.1) is 13.8 Å². The van der Waals surface area contributed by atoms with Gasteiger partial charge in [0.15, 0.2) is 0 Å². The van der Waals surface area contributed by atoms with Crippen molar-refractivity contribution in [3.63, 3.8) is 0 Å². The first-order valence-electron chi connectivity index (χ1n) is 8.35. The average Bonchev–Trinajstić information content (AvgIpc) is 3.22. The van der Waals surface area contributed by atoms with Crippen LogP contribution in [0.1, 0.15) is 33.6 Å². The molecule has 25 heavy (non-hydrogen) atoms. The predicted molar refractivity (Wildman–Crippen MR) is 99.5 cm³/mol. The lowest BCUT2D eigenvalue weighted by Gasteiger charge is -2.19.